The Hall–Kier alpha value is -1.94. The van der Waals surface area contributed by atoms with Crippen molar-refractivity contribution in [2.45, 2.75) is 25.8 Å². The molecule has 4 heteroatoms. The maximum absolute atomic E-state index is 5.49. The van der Waals surface area contributed by atoms with Gasteiger partial charge in [0.05, 0.1) is 13.7 Å². The molecule has 25 heavy (non-hydrogen) atoms. The lowest BCUT2D eigenvalue weighted by Crippen LogP contribution is -2.44. The number of rotatable bonds is 3. The second-order valence-corrected chi connectivity index (χ2v) is 8.05. The molecule has 1 spiro atoms. The van der Waals surface area contributed by atoms with E-state index in [-0.39, 0.29) is 5.41 Å². The van der Waals surface area contributed by atoms with Gasteiger partial charge in [-0.2, -0.15) is 11.8 Å². The van der Waals surface area contributed by atoms with Crippen LogP contribution < -0.4 is 10.1 Å². The molecule has 2 aliphatic rings. The van der Waals surface area contributed by atoms with Crippen LogP contribution in [0.1, 0.15) is 24.0 Å². The maximum Gasteiger partial charge on any atom is 0.123 e. The topological polar surface area (TPSA) is 33.6 Å². The zero-order valence-corrected chi connectivity index (χ0v) is 15.4. The van der Waals surface area contributed by atoms with E-state index in [1.807, 2.05) is 12.1 Å². The second kappa shape index (κ2) is 7.12. The van der Waals surface area contributed by atoms with Crippen molar-refractivity contribution >= 4 is 23.3 Å². The van der Waals surface area contributed by atoms with E-state index in [1.165, 1.54) is 35.6 Å². The highest BCUT2D eigenvalue weighted by Gasteiger charge is 2.41. The molecule has 2 aliphatic heterocycles. The van der Waals surface area contributed by atoms with Crippen LogP contribution in [-0.2, 0) is 13.0 Å². The highest BCUT2D eigenvalue weighted by Crippen LogP contribution is 2.44. The van der Waals surface area contributed by atoms with Crippen LogP contribution in [0.25, 0.3) is 0 Å². The van der Waals surface area contributed by atoms with Crippen LogP contribution in [0.15, 0.2) is 53.5 Å². The van der Waals surface area contributed by atoms with Crippen LogP contribution in [0.2, 0.25) is 0 Å². The molecule has 0 saturated carbocycles. The Labute approximate surface area is 153 Å². The summed E-state index contributed by atoms with van der Waals surface area (Å²) >= 11 is 2.06. The minimum Gasteiger partial charge on any atom is -0.496 e. The van der Waals surface area contributed by atoms with Gasteiger partial charge >= 0.3 is 0 Å². The van der Waals surface area contributed by atoms with Crippen LogP contribution >= 0.6 is 11.8 Å². The maximum atomic E-state index is 5.49. The van der Waals surface area contributed by atoms with Crippen LogP contribution in [0, 0.1) is 5.41 Å². The average Bonchev–Trinajstić information content (AvgIpc) is 2.67. The molecule has 0 radical (unpaired) electrons. The lowest BCUT2D eigenvalue weighted by molar-refractivity contribution is 0.376. The number of nitrogens with one attached hydrogen (secondary N) is 1. The number of methoxy groups -OCH3 is 1. The molecule has 130 valence electrons. The molecule has 4 rings (SSSR count). The summed E-state index contributed by atoms with van der Waals surface area (Å²) in [6.07, 6.45) is 3.50. The van der Waals surface area contributed by atoms with Gasteiger partial charge in [-0.25, -0.2) is 0 Å². The summed E-state index contributed by atoms with van der Waals surface area (Å²) in [6.45, 7) is 0.656. The molecular formula is C21H24N2OS. The van der Waals surface area contributed by atoms with Gasteiger partial charge in [0.1, 0.15) is 11.6 Å². The molecule has 0 atom stereocenters. The predicted octanol–water partition coefficient (Wildman–Crippen LogP) is 4.78. The minimum atomic E-state index is 0.168. The summed E-state index contributed by atoms with van der Waals surface area (Å²) in [6, 6.07) is 16.8. The zero-order valence-electron chi connectivity index (χ0n) is 14.6. The molecule has 2 aromatic carbocycles. The average molecular weight is 353 g/mol. The molecule has 2 aromatic rings. The number of nitrogens with zero attached hydrogens (tertiary/aromatic N) is 1. The number of benzene rings is 2. The van der Waals surface area contributed by atoms with Crippen LogP contribution in [0.5, 0.6) is 5.75 Å². The predicted molar refractivity (Wildman–Crippen MR) is 107 cm³/mol. The van der Waals surface area contributed by atoms with Gasteiger partial charge in [0.2, 0.25) is 0 Å². The first-order chi connectivity index (χ1) is 12.3. The van der Waals surface area contributed by atoms with Gasteiger partial charge < -0.3 is 10.1 Å². The van der Waals surface area contributed by atoms with Gasteiger partial charge in [0, 0.05) is 16.7 Å². The fraction of sp³-hybridized carbons (Fsp3) is 0.381. The van der Waals surface area contributed by atoms with Crippen molar-refractivity contribution in [3.63, 3.8) is 0 Å². The minimum absolute atomic E-state index is 0.168. The molecule has 0 aliphatic carbocycles. The standard InChI is InChI=1S/C21H24N2OS/c1-24-19-9-5-3-7-17(19)15-22-20-21(10-12-25-13-11-21)14-16-6-2-4-8-18(16)23-20/h2-9H,10-15H2,1H3,(H,22,23). The number of amidine groups is 1. The molecule has 3 nitrogen and oxygen atoms in total. The van der Waals surface area contributed by atoms with E-state index in [0.717, 1.165) is 23.6 Å². The van der Waals surface area contributed by atoms with Gasteiger partial charge in [-0.3, -0.25) is 4.99 Å². The number of thioether (sulfide) groups is 1. The Balaban J connectivity index is 1.67. The van der Waals surface area contributed by atoms with Gasteiger partial charge in [0.15, 0.2) is 0 Å². The summed E-state index contributed by atoms with van der Waals surface area (Å²) in [5, 5.41) is 3.67. The van der Waals surface area contributed by atoms with E-state index in [2.05, 4.69) is 53.5 Å². The first-order valence-corrected chi connectivity index (χ1v) is 10.1. The molecule has 2 heterocycles. The van der Waals surface area contributed by atoms with Crippen LogP contribution in [0.4, 0.5) is 5.69 Å². The van der Waals surface area contributed by atoms with E-state index < -0.39 is 0 Å². The summed E-state index contributed by atoms with van der Waals surface area (Å²) in [7, 11) is 1.72. The first kappa shape index (κ1) is 16.5. The van der Waals surface area contributed by atoms with Crippen LogP contribution in [-0.4, -0.2) is 24.5 Å². The molecule has 0 aromatic heterocycles. The quantitative estimate of drug-likeness (QED) is 0.863. The zero-order chi connectivity index (χ0) is 17.1. The number of aliphatic imine (C=N–C) groups is 1. The Morgan fingerprint density at radius 2 is 1.84 bits per heavy atom. The van der Waals surface area contributed by atoms with E-state index in [0.29, 0.717) is 6.54 Å². The Bertz CT molecular complexity index is 781. The highest BCUT2D eigenvalue weighted by molar-refractivity contribution is 7.99. The SMILES string of the molecule is COc1ccccc1CN=C1Nc2ccccc2CC12CCSCC2. The van der Waals surface area contributed by atoms with E-state index in [9.17, 15) is 0 Å². The fourth-order valence-electron chi connectivity index (χ4n) is 3.89. The number of ether oxygens (including phenoxy) is 1. The monoisotopic (exact) mass is 352 g/mol. The van der Waals surface area contributed by atoms with Gasteiger partial charge in [-0.1, -0.05) is 36.4 Å². The van der Waals surface area contributed by atoms with Crippen molar-refractivity contribution in [3.05, 3.63) is 59.7 Å². The van der Waals surface area contributed by atoms with E-state index in [4.69, 9.17) is 9.73 Å². The number of hydrogen-bond donors (Lipinski definition) is 1. The fourth-order valence-corrected chi connectivity index (χ4v) is 5.16. The van der Waals surface area contributed by atoms with E-state index in [1.54, 1.807) is 7.11 Å². The third-order valence-electron chi connectivity index (χ3n) is 5.35. The third kappa shape index (κ3) is 3.28. The van der Waals surface area contributed by atoms with Crippen molar-refractivity contribution in [2.75, 3.05) is 23.9 Å². The molecule has 1 fully saturated rings. The van der Waals surface area contributed by atoms with Crippen molar-refractivity contribution < 1.29 is 4.74 Å². The molecule has 0 amide bonds. The summed E-state index contributed by atoms with van der Waals surface area (Å²) in [5.74, 6) is 4.52. The Kier molecular flexibility index (Phi) is 4.71. The summed E-state index contributed by atoms with van der Waals surface area (Å²) < 4.78 is 5.49. The Morgan fingerprint density at radius 3 is 2.68 bits per heavy atom. The number of hydrogen-bond acceptors (Lipinski definition) is 3. The lowest BCUT2D eigenvalue weighted by Gasteiger charge is -2.42. The number of para-hydroxylation sites is 2. The van der Waals surface area contributed by atoms with Gasteiger partial charge in [-0.15, -0.1) is 0 Å². The van der Waals surface area contributed by atoms with Crippen molar-refractivity contribution in [2.24, 2.45) is 10.4 Å². The lowest BCUT2D eigenvalue weighted by atomic mass is 9.73. The first-order valence-electron chi connectivity index (χ1n) is 8.90. The van der Waals surface area contributed by atoms with Gasteiger partial charge in [0.25, 0.3) is 0 Å². The third-order valence-corrected chi connectivity index (χ3v) is 6.34. The highest BCUT2D eigenvalue weighted by atomic mass is 32.2. The largest absolute Gasteiger partial charge is 0.496 e. The number of anilines is 1. The molecule has 0 unspecified atom stereocenters. The second-order valence-electron chi connectivity index (χ2n) is 6.83. The van der Waals surface area contributed by atoms with E-state index >= 15 is 0 Å². The summed E-state index contributed by atoms with van der Waals surface area (Å²) in [4.78, 5) is 5.05. The van der Waals surface area contributed by atoms with Crippen molar-refractivity contribution in [1.82, 2.24) is 0 Å². The molecule has 1 N–H and O–H groups in total. The molecular weight excluding hydrogens is 328 g/mol. The molecule has 0 bridgehead atoms. The van der Waals surface area contributed by atoms with Crippen molar-refractivity contribution in [1.29, 1.82) is 0 Å². The number of fused-ring (bicyclic) bond motifs is 1. The smallest absolute Gasteiger partial charge is 0.123 e. The van der Waals surface area contributed by atoms with Crippen molar-refractivity contribution in [3.8, 4) is 5.75 Å². The Morgan fingerprint density at radius 1 is 1.08 bits per heavy atom. The molecule has 1 saturated heterocycles. The van der Waals surface area contributed by atoms with Gasteiger partial charge in [-0.05, 0) is 48.5 Å². The summed E-state index contributed by atoms with van der Waals surface area (Å²) in [5.41, 5.74) is 3.94. The normalized spacial score (nSPS) is 20.1. The van der Waals surface area contributed by atoms with Crippen LogP contribution in [0.3, 0.4) is 0 Å².